The molecule has 0 aromatic heterocycles. The van der Waals surface area contributed by atoms with Crippen molar-refractivity contribution in [1.29, 1.82) is 0 Å². The maximum atomic E-state index is 10.2. The SMILES string of the molecule is CCSNC(=O)C(=O)O. The molecule has 2 N–H and O–H groups in total. The van der Waals surface area contributed by atoms with E-state index in [9.17, 15) is 9.59 Å². The number of hydrogen-bond donors (Lipinski definition) is 2. The number of carbonyl (C=O) groups excluding carboxylic acids is 1. The van der Waals surface area contributed by atoms with E-state index in [4.69, 9.17) is 5.11 Å². The van der Waals surface area contributed by atoms with Crippen LogP contribution in [0.4, 0.5) is 0 Å². The van der Waals surface area contributed by atoms with Gasteiger partial charge in [-0.3, -0.25) is 9.52 Å². The predicted octanol–water partition coefficient (Wildman–Crippen LogP) is -0.145. The van der Waals surface area contributed by atoms with Crippen LogP contribution in [-0.2, 0) is 9.59 Å². The minimum Gasteiger partial charge on any atom is -0.474 e. The van der Waals surface area contributed by atoms with Crippen molar-refractivity contribution in [1.82, 2.24) is 4.72 Å². The van der Waals surface area contributed by atoms with Gasteiger partial charge in [0.15, 0.2) is 0 Å². The third-order valence-corrected chi connectivity index (χ3v) is 1.12. The van der Waals surface area contributed by atoms with Crippen molar-refractivity contribution in [2.24, 2.45) is 0 Å². The van der Waals surface area contributed by atoms with Crippen LogP contribution in [-0.4, -0.2) is 22.7 Å². The van der Waals surface area contributed by atoms with Gasteiger partial charge in [-0.25, -0.2) is 4.79 Å². The first-order chi connectivity index (χ1) is 4.18. The third kappa shape index (κ3) is 3.84. The smallest absolute Gasteiger partial charge is 0.395 e. The first-order valence-corrected chi connectivity index (χ1v) is 3.32. The quantitative estimate of drug-likeness (QED) is 0.423. The van der Waals surface area contributed by atoms with Gasteiger partial charge in [0.2, 0.25) is 0 Å². The summed E-state index contributed by atoms with van der Waals surface area (Å²) in [6.07, 6.45) is 0. The van der Waals surface area contributed by atoms with Crippen LogP contribution in [0.2, 0.25) is 0 Å². The van der Waals surface area contributed by atoms with Gasteiger partial charge in [-0.2, -0.15) is 0 Å². The molecule has 0 aliphatic carbocycles. The monoisotopic (exact) mass is 149 g/mol. The van der Waals surface area contributed by atoms with Crippen LogP contribution >= 0.6 is 11.9 Å². The van der Waals surface area contributed by atoms with Crippen LogP contribution in [0, 0.1) is 0 Å². The highest BCUT2D eigenvalue weighted by Gasteiger charge is 2.08. The Morgan fingerprint density at radius 2 is 2.22 bits per heavy atom. The molecule has 0 unspecified atom stereocenters. The Balaban J connectivity index is 3.39. The molecule has 52 valence electrons. The summed E-state index contributed by atoms with van der Waals surface area (Å²) in [7, 11) is 0. The molecule has 0 fully saturated rings. The molecule has 0 atom stereocenters. The standard InChI is InChI=1S/C4H7NO3S/c1-2-9-5-3(6)4(7)8/h2H2,1H3,(H,5,6)(H,7,8). The average molecular weight is 149 g/mol. The number of rotatable bonds is 2. The minimum absolute atomic E-state index is 0.666. The molecule has 0 saturated heterocycles. The largest absolute Gasteiger partial charge is 0.474 e. The van der Waals surface area contributed by atoms with Crippen LogP contribution in [0.15, 0.2) is 0 Å². The van der Waals surface area contributed by atoms with Gasteiger partial charge in [0, 0.05) is 5.75 Å². The molecule has 0 aliphatic rings. The number of aliphatic carboxylic acids is 1. The summed E-state index contributed by atoms with van der Waals surface area (Å²) in [5.74, 6) is -1.75. The minimum atomic E-state index is -1.45. The van der Waals surface area contributed by atoms with Gasteiger partial charge >= 0.3 is 11.9 Å². The Morgan fingerprint density at radius 1 is 1.67 bits per heavy atom. The second-order valence-electron chi connectivity index (χ2n) is 1.17. The summed E-state index contributed by atoms with van der Waals surface area (Å²) in [4.78, 5) is 20.0. The highest BCUT2D eigenvalue weighted by atomic mass is 32.2. The highest BCUT2D eigenvalue weighted by Crippen LogP contribution is 1.88. The molecular weight excluding hydrogens is 142 g/mol. The Labute approximate surface area is 56.8 Å². The van der Waals surface area contributed by atoms with Crippen LogP contribution in [0.25, 0.3) is 0 Å². The van der Waals surface area contributed by atoms with Crippen molar-refractivity contribution in [2.45, 2.75) is 6.92 Å². The summed E-state index contributed by atoms with van der Waals surface area (Å²) in [5.41, 5.74) is 0. The normalized spacial score (nSPS) is 8.56. The van der Waals surface area contributed by atoms with E-state index < -0.39 is 11.9 Å². The number of amides is 1. The Kier molecular flexibility index (Phi) is 3.87. The van der Waals surface area contributed by atoms with Gasteiger partial charge in [0.25, 0.3) is 0 Å². The van der Waals surface area contributed by atoms with E-state index in [1.807, 2.05) is 6.92 Å². The highest BCUT2D eigenvalue weighted by molar-refractivity contribution is 7.97. The lowest BCUT2D eigenvalue weighted by Crippen LogP contribution is -2.25. The zero-order chi connectivity index (χ0) is 7.28. The van der Waals surface area contributed by atoms with Gasteiger partial charge in [0.05, 0.1) is 0 Å². The lowest BCUT2D eigenvalue weighted by Gasteiger charge is -1.94. The van der Waals surface area contributed by atoms with E-state index >= 15 is 0 Å². The molecule has 5 heteroatoms. The fourth-order valence-corrected chi connectivity index (χ4v) is 0.544. The van der Waals surface area contributed by atoms with E-state index in [2.05, 4.69) is 4.72 Å². The number of hydrogen-bond acceptors (Lipinski definition) is 3. The molecule has 0 aliphatic heterocycles. The van der Waals surface area contributed by atoms with Crippen molar-refractivity contribution in [3.05, 3.63) is 0 Å². The fraction of sp³-hybridized carbons (Fsp3) is 0.500. The third-order valence-electron chi connectivity index (χ3n) is 0.503. The van der Waals surface area contributed by atoms with Crippen molar-refractivity contribution in [3.8, 4) is 0 Å². The van der Waals surface area contributed by atoms with Crippen LogP contribution < -0.4 is 4.72 Å². The van der Waals surface area contributed by atoms with Gasteiger partial charge in [0.1, 0.15) is 0 Å². The summed E-state index contributed by atoms with van der Waals surface area (Å²) in [5, 5.41) is 7.98. The van der Waals surface area contributed by atoms with E-state index in [1.165, 1.54) is 0 Å². The van der Waals surface area contributed by atoms with Crippen molar-refractivity contribution >= 4 is 23.8 Å². The number of carboxylic acids is 1. The number of carbonyl (C=O) groups is 2. The maximum absolute atomic E-state index is 10.2. The number of carboxylic acid groups (broad SMARTS) is 1. The molecule has 0 rings (SSSR count). The second-order valence-corrected chi connectivity index (χ2v) is 2.24. The molecule has 0 saturated carbocycles. The summed E-state index contributed by atoms with van der Waals surface area (Å²) >= 11 is 1.06. The fourth-order valence-electron chi connectivity index (χ4n) is 0.181. The van der Waals surface area contributed by atoms with Crippen molar-refractivity contribution < 1.29 is 14.7 Å². The molecule has 0 heterocycles. The zero-order valence-electron chi connectivity index (χ0n) is 4.88. The van der Waals surface area contributed by atoms with Gasteiger partial charge in [-0.05, 0) is 0 Å². The Hall–Kier alpha value is -0.710. The number of nitrogens with one attached hydrogen (secondary N) is 1. The van der Waals surface area contributed by atoms with Crippen LogP contribution in [0.3, 0.4) is 0 Å². The summed E-state index contributed by atoms with van der Waals surface area (Å²) in [6.45, 7) is 1.81. The molecule has 9 heavy (non-hydrogen) atoms. The van der Waals surface area contributed by atoms with Gasteiger partial charge < -0.3 is 5.11 Å². The van der Waals surface area contributed by atoms with Crippen LogP contribution in [0.1, 0.15) is 6.92 Å². The first-order valence-electron chi connectivity index (χ1n) is 2.33. The summed E-state index contributed by atoms with van der Waals surface area (Å²) in [6, 6.07) is 0. The predicted molar refractivity (Wildman–Crippen MR) is 33.9 cm³/mol. The topological polar surface area (TPSA) is 66.4 Å². The Morgan fingerprint density at radius 3 is 2.56 bits per heavy atom. The molecule has 1 amide bonds. The first kappa shape index (κ1) is 8.29. The van der Waals surface area contributed by atoms with E-state index in [0.29, 0.717) is 5.75 Å². The van der Waals surface area contributed by atoms with Crippen molar-refractivity contribution in [2.75, 3.05) is 5.75 Å². The van der Waals surface area contributed by atoms with E-state index in [0.717, 1.165) is 11.9 Å². The lowest BCUT2D eigenvalue weighted by molar-refractivity contribution is -0.149. The van der Waals surface area contributed by atoms with E-state index in [1.54, 1.807) is 0 Å². The summed E-state index contributed by atoms with van der Waals surface area (Å²) < 4.78 is 2.11. The van der Waals surface area contributed by atoms with Gasteiger partial charge in [-0.15, -0.1) is 0 Å². The van der Waals surface area contributed by atoms with Gasteiger partial charge in [-0.1, -0.05) is 18.9 Å². The molecule has 0 radical (unpaired) electrons. The molecule has 0 aromatic carbocycles. The molecule has 4 nitrogen and oxygen atoms in total. The molecular formula is C4H7NO3S. The molecule has 0 spiro atoms. The zero-order valence-corrected chi connectivity index (χ0v) is 5.70. The maximum Gasteiger partial charge on any atom is 0.395 e. The Bertz CT molecular complexity index is 125. The molecule has 0 bridgehead atoms. The van der Waals surface area contributed by atoms with Crippen LogP contribution in [0.5, 0.6) is 0 Å². The van der Waals surface area contributed by atoms with Crippen molar-refractivity contribution in [3.63, 3.8) is 0 Å². The average Bonchev–Trinajstić information content (AvgIpc) is 1.82. The lowest BCUT2D eigenvalue weighted by atomic mass is 10.7. The second kappa shape index (κ2) is 4.20. The van der Waals surface area contributed by atoms with E-state index in [-0.39, 0.29) is 0 Å². The molecule has 0 aromatic rings.